The SMILES string of the molecule is CCCCOc1ccc(C(C)NCCC)cc1OC. The first-order valence-electron chi connectivity index (χ1n) is 7.27. The minimum atomic E-state index is 0.332. The van der Waals surface area contributed by atoms with E-state index in [1.54, 1.807) is 7.11 Å². The Bertz CT molecular complexity index is 366. The van der Waals surface area contributed by atoms with Crippen LogP contribution >= 0.6 is 0 Å². The number of hydrogen-bond donors (Lipinski definition) is 1. The van der Waals surface area contributed by atoms with Gasteiger partial charge in [0.05, 0.1) is 13.7 Å². The lowest BCUT2D eigenvalue weighted by Crippen LogP contribution is -2.19. The van der Waals surface area contributed by atoms with E-state index in [0.29, 0.717) is 6.04 Å². The molecule has 0 bridgehead atoms. The molecule has 0 heterocycles. The highest BCUT2D eigenvalue weighted by Gasteiger charge is 2.10. The molecule has 1 rings (SSSR count). The lowest BCUT2D eigenvalue weighted by molar-refractivity contribution is 0.288. The monoisotopic (exact) mass is 265 g/mol. The van der Waals surface area contributed by atoms with Gasteiger partial charge in [-0.15, -0.1) is 0 Å². The summed E-state index contributed by atoms with van der Waals surface area (Å²) in [6.45, 7) is 8.27. The zero-order valence-electron chi connectivity index (χ0n) is 12.7. The fourth-order valence-corrected chi connectivity index (χ4v) is 1.88. The van der Waals surface area contributed by atoms with Crippen LogP contribution in [0.1, 0.15) is 51.6 Å². The summed E-state index contributed by atoms with van der Waals surface area (Å²) in [5, 5.41) is 3.48. The highest BCUT2D eigenvalue weighted by molar-refractivity contribution is 5.43. The first-order valence-corrected chi connectivity index (χ1v) is 7.27. The van der Waals surface area contributed by atoms with E-state index in [1.807, 2.05) is 6.07 Å². The lowest BCUT2D eigenvalue weighted by atomic mass is 10.1. The van der Waals surface area contributed by atoms with E-state index in [9.17, 15) is 0 Å². The van der Waals surface area contributed by atoms with Crippen molar-refractivity contribution in [2.75, 3.05) is 20.3 Å². The summed E-state index contributed by atoms with van der Waals surface area (Å²) in [7, 11) is 1.69. The molecule has 1 unspecified atom stereocenters. The standard InChI is InChI=1S/C16H27NO2/c1-5-7-11-19-15-9-8-14(12-16(15)18-4)13(3)17-10-6-2/h8-9,12-13,17H,5-7,10-11H2,1-4H3. The molecule has 0 radical (unpaired) electrons. The number of unbranched alkanes of at least 4 members (excludes halogenated alkanes) is 1. The van der Waals surface area contributed by atoms with E-state index in [2.05, 4.69) is 38.2 Å². The third kappa shape index (κ3) is 5.11. The molecule has 0 aromatic heterocycles. The summed E-state index contributed by atoms with van der Waals surface area (Å²) in [5.74, 6) is 1.65. The van der Waals surface area contributed by atoms with Crippen molar-refractivity contribution < 1.29 is 9.47 Å². The van der Waals surface area contributed by atoms with Gasteiger partial charge in [0.1, 0.15) is 0 Å². The van der Waals surface area contributed by atoms with Crippen LogP contribution in [0.4, 0.5) is 0 Å². The minimum Gasteiger partial charge on any atom is -0.493 e. The van der Waals surface area contributed by atoms with Crippen LogP contribution in [-0.4, -0.2) is 20.3 Å². The van der Waals surface area contributed by atoms with Crippen molar-refractivity contribution in [3.05, 3.63) is 23.8 Å². The summed E-state index contributed by atoms with van der Waals surface area (Å²) in [5.41, 5.74) is 1.23. The fraction of sp³-hybridized carbons (Fsp3) is 0.625. The predicted molar refractivity (Wildman–Crippen MR) is 80.1 cm³/mol. The van der Waals surface area contributed by atoms with Crippen LogP contribution in [0, 0.1) is 0 Å². The Balaban J connectivity index is 2.71. The van der Waals surface area contributed by atoms with Gasteiger partial charge < -0.3 is 14.8 Å². The van der Waals surface area contributed by atoms with E-state index in [-0.39, 0.29) is 0 Å². The molecule has 3 heteroatoms. The molecule has 108 valence electrons. The van der Waals surface area contributed by atoms with Crippen molar-refractivity contribution in [1.82, 2.24) is 5.32 Å². The quantitative estimate of drug-likeness (QED) is 0.686. The third-order valence-electron chi connectivity index (χ3n) is 3.14. The minimum absolute atomic E-state index is 0.332. The molecular weight excluding hydrogens is 238 g/mol. The summed E-state index contributed by atoms with van der Waals surface area (Å²) in [4.78, 5) is 0. The van der Waals surface area contributed by atoms with Gasteiger partial charge in [-0.2, -0.15) is 0 Å². The molecule has 1 N–H and O–H groups in total. The first-order chi connectivity index (χ1) is 9.22. The molecule has 1 aromatic rings. The van der Waals surface area contributed by atoms with Crippen LogP contribution in [0.2, 0.25) is 0 Å². The van der Waals surface area contributed by atoms with Crippen molar-refractivity contribution in [2.45, 2.75) is 46.1 Å². The highest BCUT2D eigenvalue weighted by atomic mass is 16.5. The molecule has 0 aliphatic carbocycles. The maximum atomic E-state index is 5.74. The van der Waals surface area contributed by atoms with Gasteiger partial charge in [-0.05, 0) is 44.0 Å². The van der Waals surface area contributed by atoms with E-state index in [4.69, 9.17) is 9.47 Å². The topological polar surface area (TPSA) is 30.5 Å². The van der Waals surface area contributed by atoms with E-state index >= 15 is 0 Å². The van der Waals surface area contributed by atoms with Gasteiger partial charge in [-0.1, -0.05) is 26.3 Å². The van der Waals surface area contributed by atoms with Gasteiger partial charge in [-0.25, -0.2) is 0 Å². The van der Waals surface area contributed by atoms with Crippen molar-refractivity contribution in [2.24, 2.45) is 0 Å². The third-order valence-corrected chi connectivity index (χ3v) is 3.14. The summed E-state index contributed by atoms with van der Waals surface area (Å²) in [6, 6.07) is 6.51. The zero-order chi connectivity index (χ0) is 14.1. The van der Waals surface area contributed by atoms with Crippen molar-refractivity contribution in [3.8, 4) is 11.5 Å². The molecule has 3 nitrogen and oxygen atoms in total. The van der Waals surface area contributed by atoms with Gasteiger partial charge >= 0.3 is 0 Å². The number of nitrogens with one attached hydrogen (secondary N) is 1. The number of ether oxygens (including phenoxy) is 2. The van der Waals surface area contributed by atoms with Crippen LogP contribution in [0.5, 0.6) is 11.5 Å². The molecule has 0 aliphatic rings. The molecule has 0 saturated heterocycles. The maximum absolute atomic E-state index is 5.74. The second-order valence-electron chi connectivity index (χ2n) is 4.79. The molecule has 19 heavy (non-hydrogen) atoms. The highest BCUT2D eigenvalue weighted by Crippen LogP contribution is 2.30. The average Bonchev–Trinajstić information content (AvgIpc) is 2.45. The van der Waals surface area contributed by atoms with E-state index < -0.39 is 0 Å². The molecular formula is C16H27NO2. The molecule has 0 fully saturated rings. The molecule has 1 aromatic carbocycles. The number of rotatable bonds is 9. The van der Waals surface area contributed by atoms with Gasteiger partial charge in [-0.3, -0.25) is 0 Å². The first kappa shape index (κ1) is 15.8. The van der Waals surface area contributed by atoms with Gasteiger partial charge in [0.2, 0.25) is 0 Å². The van der Waals surface area contributed by atoms with Crippen molar-refractivity contribution in [1.29, 1.82) is 0 Å². The van der Waals surface area contributed by atoms with Gasteiger partial charge in [0, 0.05) is 6.04 Å². The normalized spacial score (nSPS) is 12.2. The fourth-order valence-electron chi connectivity index (χ4n) is 1.88. The van der Waals surface area contributed by atoms with Crippen LogP contribution in [0.15, 0.2) is 18.2 Å². The molecule has 0 amide bonds. The zero-order valence-corrected chi connectivity index (χ0v) is 12.7. The average molecular weight is 265 g/mol. The Morgan fingerprint density at radius 3 is 2.58 bits per heavy atom. The van der Waals surface area contributed by atoms with Crippen LogP contribution < -0.4 is 14.8 Å². The summed E-state index contributed by atoms with van der Waals surface area (Å²) < 4.78 is 11.2. The Hall–Kier alpha value is -1.22. The summed E-state index contributed by atoms with van der Waals surface area (Å²) in [6.07, 6.45) is 3.34. The molecule has 0 aliphatic heterocycles. The maximum Gasteiger partial charge on any atom is 0.161 e. The Morgan fingerprint density at radius 2 is 1.95 bits per heavy atom. The van der Waals surface area contributed by atoms with Crippen molar-refractivity contribution >= 4 is 0 Å². The Morgan fingerprint density at radius 1 is 1.16 bits per heavy atom. The number of benzene rings is 1. The molecule has 0 spiro atoms. The van der Waals surface area contributed by atoms with E-state index in [0.717, 1.165) is 43.9 Å². The van der Waals surface area contributed by atoms with Crippen LogP contribution in [0.3, 0.4) is 0 Å². The smallest absolute Gasteiger partial charge is 0.161 e. The Labute approximate surface area is 117 Å². The predicted octanol–water partition coefficient (Wildman–Crippen LogP) is 3.93. The van der Waals surface area contributed by atoms with Crippen LogP contribution in [-0.2, 0) is 0 Å². The Kier molecular flexibility index (Phi) is 7.34. The van der Waals surface area contributed by atoms with Crippen molar-refractivity contribution in [3.63, 3.8) is 0 Å². The van der Waals surface area contributed by atoms with E-state index in [1.165, 1.54) is 5.56 Å². The molecule has 1 atom stereocenters. The van der Waals surface area contributed by atoms with Gasteiger partial charge in [0.25, 0.3) is 0 Å². The second-order valence-corrected chi connectivity index (χ2v) is 4.79. The second kappa shape index (κ2) is 8.81. The van der Waals surface area contributed by atoms with Gasteiger partial charge in [0.15, 0.2) is 11.5 Å². The number of hydrogen-bond acceptors (Lipinski definition) is 3. The lowest BCUT2D eigenvalue weighted by Gasteiger charge is -2.16. The summed E-state index contributed by atoms with van der Waals surface area (Å²) >= 11 is 0. The molecule has 0 saturated carbocycles. The largest absolute Gasteiger partial charge is 0.493 e. The number of methoxy groups -OCH3 is 1. The van der Waals surface area contributed by atoms with Crippen LogP contribution in [0.25, 0.3) is 0 Å².